The molecule has 2 aromatic heterocycles. The Balaban J connectivity index is 1.84. The van der Waals surface area contributed by atoms with Gasteiger partial charge in [-0.3, -0.25) is 19.7 Å². The summed E-state index contributed by atoms with van der Waals surface area (Å²) >= 11 is 1.22. The molecule has 3 rings (SSSR count). The average molecular weight is 411 g/mol. The van der Waals surface area contributed by atoms with E-state index in [9.17, 15) is 9.59 Å². The van der Waals surface area contributed by atoms with Crippen LogP contribution in [0, 0.1) is 6.92 Å². The number of aromatic nitrogens is 4. The maximum atomic E-state index is 12.1. The predicted octanol–water partition coefficient (Wildman–Crippen LogP) is 2.97. The Bertz CT molecular complexity index is 990. The van der Waals surface area contributed by atoms with E-state index in [-0.39, 0.29) is 5.75 Å². The number of amides is 3. The molecule has 8 nitrogen and oxygen atoms in total. The number of carbonyl (C=O) groups is 2. The van der Waals surface area contributed by atoms with Gasteiger partial charge in [0.1, 0.15) is 0 Å². The molecule has 3 aromatic rings. The maximum absolute atomic E-state index is 12.1. The van der Waals surface area contributed by atoms with E-state index in [4.69, 9.17) is 0 Å². The van der Waals surface area contributed by atoms with Crippen LogP contribution in [0.2, 0.25) is 0 Å². The zero-order valence-electron chi connectivity index (χ0n) is 16.3. The van der Waals surface area contributed by atoms with Crippen molar-refractivity contribution in [1.82, 2.24) is 30.4 Å². The normalized spacial score (nSPS) is 10.6. The number of hydrogen-bond acceptors (Lipinski definition) is 6. The number of pyridine rings is 1. The van der Waals surface area contributed by atoms with E-state index in [1.807, 2.05) is 54.8 Å². The second-order valence-electron chi connectivity index (χ2n) is 6.26. The molecule has 0 unspecified atom stereocenters. The average Bonchev–Trinajstić information content (AvgIpc) is 3.15. The summed E-state index contributed by atoms with van der Waals surface area (Å²) in [4.78, 5) is 27.9. The monoisotopic (exact) mass is 410 g/mol. The zero-order valence-corrected chi connectivity index (χ0v) is 17.1. The lowest BCUT2D eigenvalue weighted by Gasteiger charge is -2.12. The molecule has 150 valence electrons. The van der Waals surface area contributed by atoms with Crippen LogP contribution in [0.25, 0.3) is 17.1 Å². The van der Waals surface area contributed by atoms with Gasteiger partial charge in [-0.25, -0.2) is 4.79 Å². The van der Waals surface area contributed by atoms with Crippen molar-refractivity contribution in [1.29, 1.82) is 0 Å². The molecule has 0 atom stereocenters. The summed E-state index contributed by atoms with van der Waals surface area (Å²) in [5.41, 5.74) is 2.78. The van der Waals surface area contributed by atoms with Crippen LogP contribution >= 0.6 is 11.8 Å². The summed E-state index contributed by atoms with van der Waals surface area (Å²) in [7, 11) is 0. The van der Waals surface area contributed by atoms with Gasteiger partial charge in [-0.05, 0) is 37.1 Å². The van der Waals surface area contributed by atoms with E-state index in [1.54, 1.807) is 12.4 Å². The summed E-state index contributed by atoms with van der Waals surface area (Å²) in [6.45, 7) is 4.46. The van der Waals surface area contributed by atoms with E-state index in [0.717, 1.165) is 23.2 Å². The molecule has 2 N–H and O–H groups in total. The van der Waals surface area contributed by atoms with Crippen molar-refractivity contribution in [3.63, 3.8) is 0 Å². The van der Waals surface area contributed by atoms with E-state index in [0.29, 0.717) is 17.5 Å². The van der Waals surface area contributed by atoms with Gasteiger partial charge in [0.05, 0.1) is 11.4 Å². The molecular weight excluding hydrogens is 388 g/mol. The van der Waals surface area contributed by atoms with E-state index >= 15 is 0 Å². The van der Waals surface area contributed by atoms with Crippen molar-refractivity contribution in [2.75, 3.05) is 12.3 Å². The quantitative estimate of drug-likeness (QED) is 0.581. The summed E-state index contributed by atoms with van der Waals surface area (Å²) in [5.74, 6) is 0.276. The van der Waals surface area contributed by atoms with Gasteiger partial charge < -0.3 is 5.32 Å². The third-order valence-electron chi connectivity index (χ3n) is 4.03. The van der Waals surface area contributed by atoms with Gasteiger partial charge in [0.25, 0.3) is 0 Å². The third kappa shape index (κ3) is 5.20. The van der Waals surface area contributed by atoms with Crippen LogP contribution in [0.5, 0.6) is 0 Å². The minimum atomic E-state index is -0.492. The molecule has 0 saturated heterocycles. The van der Waals surface area contributed by atoms with Crippen LogP contribution in [0.1, 0.15) is 18.9 Å². The lowest BCUT2D eigenvalue weighted by Crippen LogP contribution is -2.40. The Morgan fingerprint density at radius 2 is 1.97 bits per heavy atom. The first kappa shape index (κ1) is 20.5. The van der Waals surface area contributed by atoms with Crippen LogP contribution < -0.4 is 10.6 Å². The Hall–Kier alpha value is -3.20. The zero-order chi connectivity index (χ0) is 20.6. The number of benzene rings is 1. The Morgan fingerprint density at radius 1 is 1.14 bits per heavy atom. The van der Waals surface area contributed by atoms with Crippen molar-refractivity contribution in [2.45, 2.75) is 25.4 Å². The third-order valence-corrected chi connectivity index (χ3v) is 4.96. The number of hydrogen-bond donors (Lipinski definition) is 2. The van der Waals surface area contributed by atoms with Gasteiger partial charge in [0.2, 0.25) is 5.91 Å². The number of para-hydroxylation sites is 1. The highest BCUT2D eigenvalue weighted by molar-refractivity contribution is 7.99. The summed E-state index contributed by atoms with van der Waals surface area (Å²) in [6, 6.07) is 11.1. The first-order valence-corrected chi connectivity index (χ1v) is 10.2. The topological polar surface area (TPSA) is 102 Å². The molecule has 0 radical (unpaired) electrons. The highest BCUT2D eigenvalue weighted by Crippen LogP contribution is 2.28. The SMILES string of the molecule is CCCNC(=O)NC(=O)CSc1nnc(-c2cccnc2)n1-c1ccccc1C. The van der Waals surface area contributed by atoms with E-state index < -0.39 is 11.9 Å². The van der Waals surface area contributed by atoms with Gasteiger partial charge in [-0.15, -0.1) is 10.2 Å². The van der Waals surface area contributed by atoms with E-state index in [2.05, 4.69) is 25.8 Å². The standard InChI is InChI=1S/C20H22N6O2S/c1-3-10-22-19(28)23-17(27)13-29-20-25-24-18(15-8-6-11-21-12-15)26(20)16-9-5-4-7-14(16)2/h4-9,11-12H,3,10,13H2,1-2H3,(H2,22,23,27,28). The number of imide groups is 1. The molecule has 1 aromatic carbocycles. The van der Waals surface area contributed by atoms with Crippen molar-refractivity contribution in [3.8, 4) is 17.1 Å². The minimum Gasteiger partial charge on any atom is -0.338 e. The predicted molar refractivity (Wildman–Crippen MR) is 112 cm³/mol. The van der Waals surface area contributed by atoms with Gasteiger partial charge in [-0.1, -0.05) is 36.9 Å². The van der Waals surface area contributed by atoms with Crippen molar-refractivity contribution >= 4 is 23.7 Å². The van der Waals surface area contributed by atoms with Crippen LogP contribution in [0.15, 0.2) is 53.9 Å². The first-order valence-electron chi connectivity index (χ1n) is 9.22. The maximum Gasteiger partial charge on any atom is 0.321 e. The molecule has 0 aliphatic heterocycles. The Labute approximate surface area is 173 Å². The van der Waals surface area contributed by atoms with Crippen LogP contribution in [0.4, 0.5) is 4.79 Å². The van der Waals surface area contributed by atoms with Crippen molar-refractivity contribution < 1.29 is 9.59 Å². The lowest BCUT2D eigenvalue weighted by molar-refractivity contribution is -0.117. The Morgan fingerprint density at radius 3 is 2.69 bits per heavy atom. The highest BCUT2D eigenvalue weighted by atomic mass is 32.2. The van der Waals surface area contributed by atoms with Crippen LogP contribution in [-0.4, -0.2) is 44.0 Å². The summed E-state index contributed by atoms with van der Waals surface area (Å²) < 4.78 is 1.90. The molecule has 0 aliphatic carbocycles. The van der Waals surface area contributed by atoms with Crippen molar-refractivity contribution in [2.24, 2.45) is 0 Å². The number of thioether (sulfide) groups is 1. The second kappa shape index (κ2) is 9.83. The fraction of sp³-hybridized carbons (Fsp3) is 0.250. The molecule has 0 bridgehead atoms. The smallest absolute Gasteiger partial charge is 0.321 e. The molecular formula is C20H22N6O2S. The number of nitrogens with one attached hydrogen (secondary N) is 2. The Kier molecular flexibility index (Phi) is 6.96. The molecule has 9 heteroatoms. The molecule has 3 amide bonds. The molecule has 0 spiro atoms. The number of aryl methyl sites for hydroxylation is 1. The highest BCUT2D eigenvalue weighted by Gasteiger charge is 2.19. The largest absolute Gasteiger partial charge is 0.338 e. The fourth-order valence-corrected chi connectivity index (χ4v) is 3.40. The van der Waals surface area contributed by atoms with Crippen molar-refractivity contribution in [3.05, 3.63) is 54.4 Å². The fourth-order valence-electron chi connectivity index (χ4n) is 2.65. The number of urea groups is 1. The second-order valence-corrected chi connectivity index (χ2v) is 7.21. The molecule has 0 aliphatic rings. The number of carbonyl (C=O) groups excluding carboxylic acids is 2. The summed E-state index contributed by atoms with van der Waals surface area (Å²) in [6.07, 6.45) is 4.21. The van der Waals surface area contributed by atoms with Crippen LogP contribution in [-0.2, 0) is 4.79 Å². The van der Waals surface area contributed by atoms with Gasteiger partial charge in [0.15, 0.2) is 11.0 Å². The molecule has 29 heavy (non-hydrogen) atoms. The van der Waals surface area contributed by atoms with Crippen LogP contribution in [0.3, 0.4) is 0 Å². The molecule has 0 saturated carbocycles. The molecule has 0 fully saturated rings. The van der Waals surface area contributed by atoms with Gasteiger partial charge in [-0.2, -0.15) is 0 Å². The lowest BCUT2D eigenvalue weighted by atomic mass is 10.2. The molecule has 2 heterocycles. The number of nitrogens with zero attached hydrogens (tertiary/aromatic N) is 4. The summed E-state index contributed by atoms with van der Waals surface area (Å²) in [5, 5.41) is 14.1. The first-order chi connectivity index (χ1) is 14.1. The van der Waals surface area contributed by atoms with Gasteiger partial charge >= 0.3 is 6.03 Å². The van der Waals surface area contributed by atoms with Gasteiger partial charge in [0, 0.05) is 24.5 Å². The minimum absolute atomic E-state index is 0.0383. The number of rotatable bonds is 7. The van der Waals surface area contributed by atoms with E-state index in [1.165, 1.54) is 11.8 Å².